The van der Waals surface area contributed by atoms with Crippen LogP contribution in [0.15, 0.2) is 0 Å². The Balaban J connectivity index is 1.87. The van der Waals surface area contributed by atoms with E-state index in [2.05, 4.69) is 11.9 Å². The quantitative estimate of drug-likeness (QED) is 0.578. The molecule has 2 heterocycles. The van der Waals surface area contributed by atoms with E-state index in [-0.39, 0.29) is 6.10 Å². The Bertz CT molecular complexity index is 206. The van der Waals surface area contributed by atoms with Crippen LogP contribution >= 0.6 is 0 Å². The zero-order valence-corrected chi connectivity index (χ0v) is 7.61. The van der Waals surface area contributed by atoms with Gasteiger partial charge in [0.25, 0.3) is 0 Å². The average molecular weight is 167 g/mol. The van der Waals surface area contributed by atoms with Crippen molar-refractivity contribution in [3.63, 3.8) is 0 Å². The second-order valence-corrected chi connectivity index (χ2v) is 4.83. The SMILES string of the molecule is CN1C2CC(O)CCC1[C@@H]1C[C@H]21. The van der Waals surface area contributed by atoms with Gasteiger partial charge in [-0.2, -0.15) is 0 Å². The molecule has 12 heavy (non-hydrogen) atoms. The maximum atomic E-state index is 9.64. The summed E-state index contributed by atoms with van der Waals surface area (Å²) in [5.41, 5.74) is 0. The Morgan fingerprint density at radius 3 is 2.67 bits per heavy atom. The highest BCUT2D eigenvalue weighted by molar-refractivity contribution is 5.10. The molecule has 1 aliphatic carbocycles. The molecule has 2 aliphatic heterocycles. The maximum absolute atomic E-state index is 9.64. The molecule has 3 aliphatic rings. The predicted molar refractivity (Wildman–Crippen MR) is 46.8 cm³/mol. The lowest BCUT2D eigenvalue weighted by Gasteiger charge is -2.26. The van der Waals surface area contributed by atoms with E-state index in [9.17, 15) is 5.11 Å². The van der Waals surface area contributed by atoms with Crippen molar-refractivity contribution in [2.75, 3.05) is 7.05 Å². The molecule has 0 amide bonds. The molecule has 5 atom stereocenters. The van der Waals surface area contributed by atoms with Crippen LogP contribution in [0.3, 0.4) is 0 Å². The van der Waals surface area contributed by atoms with Gasteiger partial charge in [0.05, 0.1) is 6.10 Å². The fraction of sp³-hybridized carbons (Fsp3) is 1.00. The normalized spacial score (nSPS) is 58.0. The zero-order valence-electron chi connectivity index (χ0n) is 7.61. The summed E-state index contributed by atoms with van der Waals surface area (Å²) in [4.78, 5) is 2.54. The van der Waals surface area contributed by atoms with Gasteiger partial charge in [0.15, 0.2) is 0 Å². The van der Waals surface area contributed by atoms with Gasteiger partial charge < -0.3 is 5.11 Å². The second kappa shape index (κ2) is 2.24. The largest absolute Gasteiger partial charge is 0.393 e. The zero-order chi connectivity index (χ0) is 8.29. The van der Waals surface area contributed by atoms with Crippen LogP contribution < -0.4 is 0 Å². The molecular weight excluding hydrogens is 150 g/mol. The van der Waals surface area contributed by atoms with E-state index in [4.69, 9.17) is 0 Å². The molecule has 0 radical (unpaired) electrons. The van der Waals surface area contributed by atoms with E-state index in [1.165, 1.54) is 12.8 Å². The molecule has 1 N–H and O–H groups in total. The molecule has 0 spiro atoms. The summed E-state index contributed by atoms with van der Waals surface area (Å²) in [6.45, 7) is 0. The highest BCUT2D eigenvalue weighted by Gasteiger charge is 2.58. The minimum absolute atomic E-state index is 0.0102. The van der Waals surface area contributed by atoms with Crippen LogP contribution in [0.1, 0.15) is 25.7 Å². The Labute approximate surface area is 73.6 Å². The van der Waals surface area contributed by atoms with Gasteiger partial charge in [0.2, 0.25) is 0 Å². The number of piperidine rings is 1. The lowest BCUT2D eigenvalue weighted by atomic mass is 9.99. The van der Waals surface area contributed by atoms with Gasteiger partial charge in [-0.25, -0.2) is 0 Å². The first-order valence-corrected chi connectivity index (χ1v) is 5.17. The topological polar surface area (TPSA) is 23.5 Å². The van der Waals surface area contributed by atoms with E-state index in [0.717, 1.165) is 36.8 Å². The third-order valence-corrected chi connectivity index (χ3v) is 4.24. The smallest absolute Gasteiger partial charge is 0.0555 e. The number of nitrogens with zero attached hydrogens (tertiary/aromatic N) is 1. The van der Waals surface area contributed by atoms with Crippen molar-refractivity contribution in [2.45, 2.75) is 43.9 Å². The maximum Gasteiger partial charge on any atom is 0.0555 e. The summed E-state index contributed by atoms with van der Waals surface area (Å²) in [6, 6.07) is 1.54. The summed E-state index contributed by atoms with van der Waals surface area (Å²) in [5, 5.41) is 9.64. The van der Waals surface area contributed by atoms with Crippen LogP contribution in [0.25, 0.3) is 0 Å². The number of aliphatic hydroxyl groups excluding tert-OH is 1. The molecular formula is C10H17NO. The van der Waals surface area contributed by atoms with Gasteiger partial charge in [0.1, 0.15) is 0 Å². The lowest BCUT2D eigenvalue weighted by Crippen LogP contribution is -2.35. The monoisotopic (exact) mass is 167 g/mol. The summed E-state index contributed by atoms with van der Waals surface area (Å²) < 4.78 is 0. The molecule has 2 bridgehead atoms. The van der Waals surface area contributed by atoms with Crippen LogP contribution in [-0.4, -0.2) is 35.2 Å². The molecule has 0 aromatic rings. The highest BCUT2D eigenvalue weighted by atomic mass is 16.3. The molecule has 2 nitrogen and oxygen atoms in total. The van der Waals surface area contributed by atoms with Crippen molar-refractivity contribution in [3.8, 4) is 0 Å². The van der Waals surface area contributed by atoms with Gasteiger partial charge >= 0.3 is 0 Å². The molecule has 0 aromatic carbocycles. The van der Waals surface area contributed by atoms with Gasteiger partial charge in [-0.1, -0.05) is 0 Å². The van der Waals surface area contributed by atoms with Crippen LogP contribution in [-0.2, 0) is 0 Å². The fourth-order valence-corrected chi connectivity index (χ4v) is 3.49. The van der Waals surface area contributed by atoms with Gasteiger partial charge in [-0.15, -0.1) is 0 Å². The molecule has 68 valence electrons. The van der Waals surface area contributed by atoms with Gasteiger partial charge in [-0.3, -0.25) is 4.90 Å². The molecule has 3 unspecified atom stereocenters. The first-order valence-electron chi connectivity index (χ1n) is 5.17. The highest BCUT2D eigenvalue weighted by Crippen LogP contribution is 2.56. The van der Waals surface area contributed by atoms with Crippen LogP contribution in [0.2, 0.25) is 0 Å². The van der Waals surface area contributed by atoms with Crippen molar-refractivity contribution in [1.29, 1.82) is 0 Å². The van der Waals surface area contributed by atoms with E-state index >= 15 is 0 Å². The molecule has 3 rings (SSSR count). The Hall–Kier alpha value is -0.0800. The minimum Gasteiger partial charge on any atom is -0.393 e. The van der Waals surface area contributed by atoms with Crippen molar-refractivity contribution in [2.24, 2.45) is 11.8 Å². The number of hydrogen-bond donors (Lipinski definition) is 1. The number of aliphatic hydroxyl groups is 1. The van der Waals surface area contributed by atoms with Gasteiger partial charge in [-0.05, 0) is 44.6 Å². The minimum atomic E-state index is -0.0102. The van der Waals surface area contributed by atoms with E-state index in [1.807, 2.05) is 0 Å². The van der Waals surface area contributed by atoms with Crippen molar-refractivity contribution in [3.05, 3.63) is 0 Å². The summed E-state index contributed by atoms with van der Waals surface area (Å²) >= 11 is 0. The number of fused-ring (bicyclic) bond motifs is 5. The van der Waals surface area contributed by atoms with Crippen LogP contribution in [0.4, 0.5) is 0 Å². The van der Waals surface area contributed by atoms with E-state index < -0.39 is 0 Å². The molecule has 2 saturated heterocycles. The predicted octanol–water partition coefficient (Wildman–Crippen LogP) is 0.850. The van der Waals surface area contributed by atoms with Crippen molar-refractivity contribution >= 4 is 0 Å². The molecule has 2 heteroatoms. The third-order valence-electron chi connectivity index (χ3n) is 4.24. The fourth-order valence-electron chi connectivity index (χ4n) is 3.49. The first-order chi connectivity index (χ1) is 5.77. The van der Waals surface area contributed by atoms with E-state index in [0.29, 0.717) is 0 Å². The van der Waals surface area contributed by atoms with Crippen LogP contribution in [0, 0.1) is 11.8 Å². The molecule has 0 aromatic heterocycles. The summed E-state index contributed by atoms with van der Waals surface area (Å²) in [7, 11) is 2.25. The molecule has 3 fully saturated rings. The summed E-state index contributed by atoms with van der Waals surface area (Å²) in [5.74, 6) is 1.96. The van der Waals surface area contributed by atoms with Crippen LogP contribution in [0.5, 0.6) is 0 Å². The first kappa shape index (κ1) is 7.34. The van der Waals surface area contributed by atoms with Crippen molar-refractivity contribution < 1.29 is 5.11 Å². The lowest BCUT2D eigenvalue weighted by molar-refractivity contribution is 0.131. The average Bonchev–Trinajstić information content (AvgIpc) is 2.72. The second-order valence-electron chi connectivity index (χ2n) is 4.83. The Morgan fingerprint density at radius 2 is 1.83 bits per heavy atom. The number of rotatable bonds is 0. The Morgan fingerprint density at radius 1 is 1.08 bits per heavy atom. The van der Waals surface area contributed by atoms with E-state index in [1.54, 1.807) is 0 Å². The standard InChI is InChI=1S/C10H17NO/c1-11-9-3-2-6(12)4-10(11)8-5-7(8)9/h6-10,12H,2-5H2,1H3/t6?,7-,8+,9?,10?/m1/s1. The third kappa shape index (κ3) is 0.826. The number of hydrogen-bond acceptors (Lipinski definition) is 2. The summed E-state index contributed by atoms with van der Waals surface area (Å²) in [6.07, 6.45) is 4.74. The van der Waals surface area contributed by atoms with Gasteiger partial charge in [0, 0.05) is 12.1 Å². The Kier molecular flexibility index (Phi) is 1.37. The molecule has 1 saturated carbocycles. The van der Waals surface area contributed by atoms with Crippen molar-refractivity contribution in [1.82, 2.24) is 4.90 Å².